The number of hydrogen-bond donors (Lipinski definition) is 1. The predicted molar refractivity (Wildman–Crippen MR) is 100 cm³/mol. The highest BCUT2D eigenvalue weighted by molar-refractivity contribution is 5.80. The Morgan fingerprint density at radius 3 is 2.46 bits per heavy atom. The van der Waals surface area contributed by atoms with Crippen LogP contribution in [0.1, 0.15) is 25.3 Å². The normalized spacial score (nSPS) is 20.5. The van der Waals surface area contributed by atoms with Crippen LogP contribution in [0.4, 0.5) is 11.6 Å². The molecular formula is C19H23N5O2. The lowest BCUT2D eigenvalue weighted by Gasteiger charge is -2.36. The van der Waals surface area contributed by atoms with Gasteiger partial charge in [-0.3, -0.25) is 0 Å². The van der Waals surface area contributed by atoms with Crippen LogP contribution < -0.4 is 10.2 Å². The zero-order valence-electron chi connectivity index (χ0n) is 15.3. The van der Waals surface area contributed by atoms with E-state index in [1.54, 1.807) is 0 Å². The van der Waals surface area contributed by atoms with Crippen molar-refractivity contribution in [1.82, 2.24) is 15.1 Å². The lowest BCUT2D eigenvalue weighted by atomic mass is 10.2. The first-order valence-electron chi connectivity index (χ1n) is 8.92. The van der Waals surface area contributed by atoms with Crippen molar-refractivity contribution in [1.29, 1.82) is 0 Å². The smallest absolute Gasteiger partial charge is 0.172 e. The van der Waals surface area contributed by atoms with Gasteiger partial charge in [-0.2, -0.15) is 0 Å². The van der Waals surface area contributed by atoms with Crippen LogP contribution in [0.5, 0.6) is 0 Å². The minimum atomic E-state index is 0.151. The molecule has 1 aliphatic heterocycles. The molecule has 1 aliphatic rings. The minimum Gasteiger partial charge on any atom is -0.372 e. The number of aromatic nitrogens is 3. The maximum atomic E-state index is 5.86. The van der Waals surface area contributed by atoms with Crippen molar-refractivity contribution in [3.05, 3.63) is 41.8 Å². The van der Waals surface area contributed by atoms with Crippen LogP contribution in [0.25, 0.3) is 11.0 Å². The molecule has 1 aromatic carbocycles. The molecule has 0 unspecified atom stereocenters. The van der Waals surface area contributed by atoms with E-state index >= 15 is 0 Å². The van der Waals surface area contributed by atoms with Crippen molar-refractivity contribution in [2.24, 2.45) is 0 Å². The summed E-state index contributed by atoms with van der Waals surface area (Å²) in [5.74, 6) is 2.40. The summed E-state index contributed by atoms with van der Waals surface area (Å²) in [6, 6.07) is 9.84. The summed E-state index contributed by atoms with van der Waals surface area (Å²) in [5, 5.41) is 7.42. The molecule has 1 fully saturated rings. The molecular weight excluding hydrogens is 330 g/mol. The number of hydrogen-bond acceptors (Lipinski definition) is 7. The fourth-order valence-electron chi connectivity index (χ4n) is 3.36. The average molecular weight is 353 g/mol. The quantitative estimate of drug-likeness (QED) is 0.772. The lowest BCUT2D eigenvalue weighted by molar-refractivity contribution is -0.00541. The molecule has 0 aliphatic carbocycles. The van der Waals surface area contributed by atoms with Gasteiger partial charge >= 0.3 is 0 Å². The van der Waals surface area contributed by atoms with Crippen LogP contribution in [-0.4, -0.2) is 40.4 Å². The largest absolute Gasteiger partial charge is 0.372 e. The van der Waals surface area contributed by atoms with Gasteiger partial charge in [-0.15, -0.1) is 0 Å². The molecule has 0 saturated carbocycles. The van der Waals surface area contributed by atoms with E-state index in [2.05, 4.69) is 29.2 Å². The Bertz CT molecular complexity index is 900. The van der Waals surface area contributed by atoms with E-state index in [0.717, 1.165) is 47.2 Å². The van der Waals surface area contributed by atoms with Gasteiger partial charge in [0.05, 0.1) is 29.8 Å². The molecule has 3 aromatic rings. The Morgan fingerprint density at radius 2 is 1.81 bits per heavy atom. The van der Waals surface area contributed by atoms with Gasteiger partial charge in [-0.05, 0) is 32.9 Å². The molecule has 4 rings (SSSR count). The molecule has 0 radical (unpaired) electrons. The zero-order valence-corrected chi connectivity index (χ0v) is 15.3. The van der Waals surface area contributed by atoms with Crippen LogP contribution in [-0.2, 0) is 11.3 Å². The molecule has 1 saturated heterocycles. The molecule has 0 bridgehead atoms. The van der Waals surface area contributed by atoms with Crippen LogP contribution in [0.15, 0.2) is 34.9 Å². The van der Waals surface area contributed by atoms with E-state index in [1.165, 1.54) is 0 Å². The fraction of sp³-hybridized carbons (Fsp3) is 0.421. The zero-order chi connectivity index (χ0) is 18.1. The molecule has 136 valence electrons. The molecule has 0 spiro atoms. The van der Waals surface area contributed by atoms with Gasteiger partial charge in [0.25, 0.3) is 0 Å². The van der Waals surface area contributed by atoms with Crippen molar-refractivity contribution in [2.45, 2.75) is 39.5 Å². The van der Waals surface area contributed by atoms with Crippen LogP contribution in [0.2, 0.25) is 0 Å². The maximum Gasteiger partial charge on any atom is 0.172 e. The van der Waals surface area contributed by atoms with Crippen LogP contribution >= 0.6 is 0 Å². The van der Waals surface area contributed by atoms with E-state index in [9.17, 15) is 0 Å². The van der Waals surface area contributed by atoms with Gasteiger partial charge in [0.2, 0.25) is 0 Å². The molecule has 2 aromatic heterocycles. The third kappa shape index (κ3) is 3.48. The topological polar surface area (TPSA) is 76.3 Å². The summed E-state index contributed by atoms with van der Waals surface area (Å²) in [5.41, 5.74) is 2.59. The maximum absolute atomic E-state index is 5.86. The van der Waals surface area contributed by atoms with E-state index < -0.39 is 0 Å². The number of benzene rings is 1. The number of ether oxygens (including phenoxy) is 1. The first-order valence-corrected chi connectivity index (χ1v) is 8.92. The van der Waals surface area contributed by atoms with Gasteiger partial charge in [0.15, 0.2) is 11.6 Å². The number of morpholine rings is 1. The summed E-state index contributed by atoms with van der Waals surface area (Å²) < 4.78 is 11.0. The Hall–Kier alpha value is -2.67. The molecule has 7 heteroatoms. The minimum absolute atomic E-state index is 0.151. The lowest BCUT2D eigenvalue weighted by Crippen LogP contribution is -2.46. The second kappa shape index (κ2) is 6.92. The third-order valence-electron chi connectivity index (χ3n) is 4.39. The fourth-order valence-corrected chi connectivity index (χ4v) is 3.36. The van der Waals surface area contributed by atoms with Gasteiger partial charge in [-0.1, -0.05) is 17.3 Å². The molecule has 1 N–H and O–H groups in total. The molecule has 26 heavy (non-hydrogen) atoms. The second-order valence-electron chi connectivity index (χ2n) is 6.83. The predicted octanol–water partition coefficient (Wildman–Crippen LogP) is 3.15. The number of anilines is 2. The number of rotatable bonds is 4. The van der Waals surface area contributed by atoms with Gasteiger partial charge in [0, 0.05) is 19.2 Å². The molecule has 0 amide bonds. The number of nitrogens with one attached hydrogen (secondary N) is 1. The van der Waals surface area contributed by atoms with E-state index in [0.29, 0.717) is 6.54 Å². The van der Waals surface area contributed by atoms with E-state index in [1.807, 2.05) is 37.3 Å². The van der Waals surface area contributed by atoms with Gasteiger partial charge in [0.1, 0.15) is 11.5 Å². The molecule has 2 atom stereocenters. The summed E-state index contributed by atoms with van der Waals surface area (Å²) >= 11 is 0. The van der Waals surface area contributed by atoms with E-state index in [-0.39, 0.29) is 12.2 Å². The van der Waals surface area contributed by atoms with E-state index in [4.69, 9.17) is 19.2 Å². The summed E-state index contributed by atoms with van der Waals surface area (Å²) in [4.78, 5) is 11.9. The Labute approximate surface area is 152 Å². The highest BCUT2D eigenvalue weighted by atomic mass is 16.5. The molecule has 7 nitrogen and oxygen atoms in total. The van der Waals surface area contributed by atoms with Gasteiger partial charge in [-0.25, -0.2) is 9.97 Å². The Morgan fingerprint density at radius 1 is 1.12 bits per heavy atom. The second-order valence-corrected chi connectivity index (χ2v) is 6.83. The SMILES string of the molecule is Cc1cc(CNc2nc3ccccc3nc2N2C[C@@H](C)O[C@H](C)C2)no1. The average Bonchev–Trinajstić information content (AvgIpc) is 3.03. The molecule has 3 heterocycles. The number of nitrogens with zero attached hydrogens (tertiary/aromatic N) is 4. The third-order valence-corrected chi connectivity index (χ3v) is 4.39. The highest BCUT2D eigenvalue weighted by Crippen LogP contribution is 2.28. The monoisotopic (exact) mass is 353 g/mol. The number of para-hydroxylation sites is 2. The highest BCUT2D eigenvalue weighted by Gasteiger charge is 2.26. The summed E-state index contributed by atoms with van der Waals surface area (Å²) in [6.07, 6.45) is 0.302. The Balaban J connectivity index is 1.68. The van der Waals surface area contributed by atoms with Crippen LogP contribution in [0.3, 0.4) is 0 Å². The van der Waals surface area contributed by atoms with Crippen molar-refractivity contribution in [3.8, 4) is 0 Å². The van der Waals surface area contributed by atoms with Gasteiger partial charge < -0.3 is 19.5 Å². The first-order chi connectivity index (χ1) is 12.6. The van der Waals surface area contributed by atoms with Crippen molar-refractivity contribution in [3.63, 3.8) is 0 Å². The Kier molecular flexibility index (Phi) is 4.46. The summed E-state index contributed by atoms with van der Waals surface area (Å²) in [6.45, 7) is 8.16. The first kappa shape index (κ1) is 16.8. The summed E-state index contributed by atoms with van der Waals surface area (Å²) in [7, 11) is 0. The van der Waals surface area contributed by atoms with Crippen molar-refractivity contribution in [2.75, 3.05) is 23.3 Å². The van der Waals surface area contributed by atoms with Crippen LogP contribution in [0, 0.1) is 6.92 Å². The number of fused-ring (bicyclic) bond motifs is 1. The standard InChI is InChI=1S/C19H23N5O2/c1-12-8-15(23-26-12)9-20-18-19(24-10-13(2)25-14(3)11-24)22-17-7-5-4-6-16(17)21-18/h4-8,13-14H,9-11H2,1-3H3,(H,20,21)/t13-,14-/m1/s1. The van der Waals surface area contributed by atoms with Crippen molar-refractivity contribution < 1.29 is 9.26 Å². The van der Waals surface area contributed by atoms with Crippen molar-refractivity contribution >= 4 is 22.7 Å². The number of aryl methyl sites for hydroxylation is 1.